The fourth-order valence-corrected chi connectivity index (χ4v) is 6.36. The molecule has 1 amide bonds. The Labute approximate surface area is 260 Å². The first-order valence-corrected chi connectivity index (χ1v) is 18.0. The van der Waals surface area contributed by atoms with Crippen LogP contribution >= 0.6 is 0 Å². The molecule has 1 fully saturated rings. The second-order valence-electron chi connectivity index (χ2n) is 11.8. The number of benzene rings is 1. The van der Waals surface area contributed by atoms with E-state index in [0.717, 1.165) is 76.2 Å². The number of nitrogens with one attached hydrogen (secondary N) is 1. The fourth-order valence-electron chi connectivity index (χ4n) is 5.42. The number of pyridine rings is 1. The van der Waals surface area contributed by atoms with Crippen molar-refractivity contribution >= 4 is 21.8 Å². The average Bonchev–Trinajstić information content (AvgIpc) is 3.02. The molecule has 1 aromatic heterocycles. The summed E-state index contributed by atoms with van der Waals surface area (Å²) < 4.78 is 29.5. The Bertz CT molecular complexity index is 1150. The average molecular weight is 615 g/mol. The normalized spacial score (nSPS) is 14.2. The predicted molar refractivity (Wildman–Crippen MR) is 175 cm³/mol. The molecule has 1 aliphatic rings. The third kappa shape index (κ3) is 13.4. The molecule has 240 valence electrons. The minimum atomic E-state index is -3.64. The Balaban J connectivity index is 1.08. The second-order valence-corrected chi connectivity index (χ2v) is 13.4. The van der Waals surface area contributed by atoms with Gasteiger partial charge in [-0.15, -0.1) is 0 Å². The molecule has 3 rings (SSSR count). The molecule has 0 radical (unpaired) electrons. The van der Waals surface area contributed by atoms with Gasteiger partial charge in [-0.3, -0.25) is 8.98 Å². The van der Waals surface area contributed by atoms with Crippen molar-refractivity contribution in [2.45, 2.75) is 102 Å². The minimum Gasteiger partial charge on any atom is -0.354 e. The molecule has 43 heavy (non-hydrogen) atoms. The predicted octanol–water partition coefficient (Wildman–Crippen LogP) is 6.74. The van der Waals surface area contributed by atoms with Crippen molar-refractivity contribution in [3.05, 3.63) is 53.7 Å². The van der Waals surface area contributed by atoms with Gasteiger partial charge in [0.1, 0.15) is 5.82 Å². The van der Waals surface area contributed by atoms with Crippen LogP contribution in [0.5, 0.6) is 0 Å². The standard InChI is InChI=1S/C34H54N4O4S/c1-3-37-24-26-38(27-25-37)33-22-19-31(29-36-33)34(39)35-23-15-13-11-9-7-5-4-6-8-10-12-14-16-28-42-43(40,41)32-20-17-30(2)18-21-32/h17-22,29H,3-16,23-28H2,1-2H3,(H,35,39). The molecule has 2 aromatic rings. The van der Waals surface area contributed by atoms with Gasteiger partial charge in [-0.05, 0) is 50.6 Å². The van der Waals surface area contributed by atoms with E-state index in [2.05, 4.69) is 27.0 Å². The van der Waals surface area contributed by atoms with E-state index < -0.39 is 10.1 Å². The van der Waals surface area contributed by atoms with Gasteiger partial charge in [0, 0.05) is 38.9 Å². The summed E-state index contributed by atoms with van der Waals surface area (Å²) in [6.45, 7) is 10.3. The molecule has 0 bridgehead atoms. The molecular formula is C34H54N4O4S. The van der Waals surface area contributed by atoms with Crippen molar-refractivity contribution in [1.29, 1.82) is 0 Å². The van der Waals surface area contributed by atoms with Crippen LogP contribution < -0.4 is 10.2 Å². The van der Waals surface area contributed by atoms with E-state index in [4.69, 9.17) is 4.18 Å². The number of carbonyl (C=O) groups is 1. The quantitative estimate of drug-likeness (QED) is 0.123. The van der Waals surface area contributed by atoms with E-state index in [1.807, 2.05) is 19.1 Å². The fraction of sp³-hybridized carbons (Fsp3) is 0.647. The van der Waals surface area contributed by atoms with Crippen molar-refractivity contribution in [3.63, 3.8) is 0 Å². The van der Waals surface area contributed by atoms with Gasteiger partial charge in [0.05, 0.1) is 17.1 Å². The maximum absolute atomic E-state index is 12.5. The third-order valence-corrected chi connectivity index (χ3v) is 9.63. The number of rotatable bonds is 21. The van der Waals surface area contributed by atoms with E-state index in [-0.39, 0.29) is 17.4 Å². The first-order valence-electron chi connectivity index (χ1n) is 16.6. The largest absolute Gasteiger partial charge is 0.354 e. The number of amides is 1. The maximum Gasteiger partial charge on any atom is 0.296 e. The lowest BCUT2D eigenvalue weighted by Crippen LogP contribution is -2.46. The number of likely N-dealkylation sites (N-methyl/N-ethyl adjacent to an activating group) is 1. The van der Waals surface area contributed by atoms with Crippen molar-refractivity contribution in [3.8, 4) is 0 Å². The summed E-state index contributed by atoms with van der Waals surface area (Å²) >= 11 is 0. The zero-order valence-corrected chi connectivity index (χ0v) is 27.4. The lowest BCUT2D eigenvalue weighted by molar-refractivity contribution is 0.0952. The Morgan fingerprint density at radius 1 is 0.791 bits per heavy atom. The van der Waals surface area contributed by atoms with Crippen molar-refractivity contribution in [2.75, 3.05) is 50.8 Å². The van der Waals surface area contributed by atoms with Crippen LogP contribution in [-0.2, 0) is 14.3 Å². The zero-order valence-electron chi connectivity index (χ0n) is 26.6. The van der Waals surface area contributed by atoms with Gasteiger partial charge in [-0.2, -0.15) is 8.42 Å². The number of unbranched alkanes of at least 4 members (excludes halogenated alkanes) is 12. The number of aryl methyl sites for hydroxylation is 1. The third-order valence-electron chi connectivity index (χ3n) is 8.31. The molecule has 1 aliphatic heterocycles. The molecule has 1 aromatic carbocycles. The van der Waals surface area contributed by atoms with Gasteiger partial charge < -0.3 is 15.1 Å². The van der Waals surface area contributed by atoms with E-state index in [9.17, 15) is 13.2 Å². The van der Waals surface area contributed by atoms with Gasteiger partial charge in [0.25, 0.3) is 16.0 Å². The summed E-state index contributed by atoms with van der Waals surface area (Å²) in [6, 6.07) is 10.6. The number of nitrogens with zero attached hydrogens (tertiary/aromatic N) is 3. The number of hydrogen-bond donors (Lipinski definition) is 1. The highest BCUT2D eigenvalue weighted by atomic mass is 32.2. The number of anilines is 1. The summed E-state index contributed by atoms with van der Waals surface area (Å²) in [4.78, 5) is 22.0. The second kappa shape index (κ2) is 19.7. The molecule has 0 aliphatic carbocycles. The smallest absolute Gasteiger partial charge is 0.296 e. The summed E-state index contributed by atoms with van der Waals surface area (Å²) in [5.41, 5.74) is 1.66. The van der Waals surface area contributed by atoms with Crippen LogP contribution in [0.15, 0.2) is 47.5 Å². The first-order chi connectivity index (χ1) is 20.9. The van der Waals surface area contributed by atoms with Crippen molar-refractivity contribution < 1.29 is 17.4 Å². The van der Waals surface area contributed by atoms with Gasteiger partial charge in [0.15, 0.2) is 0 Å². The number of piperazine rings is 1. The van der Waals surface area contributed by atoms with Gasteiger partial charge >= 0.3 is 0 Å². The highest BCUT2D eigenvalue weighted by molar-refractivity contribution is 7.86. The maximum atomic E-state index is 12.5. The summed E-state index contributed by atoms with van der Waals surface area (Å²) in [7, 11) is -3.64. The summed E-state index contributed by atoms with van der Waals surface area (Å²) in [6.07, 6.45) is 16.8. The SMILES string of the molecule is CCN1CCN(c2ccc(C(=O)NCCCCCCCCCCCCCCCOS(=O)(=O)c3ccc(C)cc3)cn2)CC1. The molecule has 2 heterocycles. The number of carbonyl (C=O) groups excluding carboxylic acids is 1. The number of hydrogen-bond acceptors (Lipinski definition) is 7. The molecule has 0 unspecified atom stereocenters. The molecule has 1 saturated heterocycles. The van der Waals surface area contributed by atoms with Crippen LogP contribution in [0.4, 0.5) is 5.82 Å². The molecule has 8 nitrogen and oxygen atoms in total. The van der Waals surface area contributed by atoms with Crippen molar-refractivity contribution in [1.82, 2.24) is 15.2 Å². The van der Waals surface area contributed by atoms with E-state index in [1.54, 1.807) is 30.5 Å². The van der Waals surface area contributed by atoms with Crippen LogP contribution in [-0.4, -0.2) is 70.1 Å². The Hall–Kier alpha value is -2.49. The van der Waals surface area contributed by atoms with Crippen LogP contribution in [0, 0.1) is 6.92 Å². The van der Waals surface area contributed by atoms with Gasteiger partial charge in [0.2, 0.25) is 0 Å². The summed E-state index contributed by atoms with van der Waals surface area (Å²) in [5, 5.41) is 3.04. The monoisotopic (exact) mass is 614 g/mol. The first kappa shape index (κ1) is 35.0. The van der Waals surface area contributed by atoms with Crippen LogP contribution in [0.2, 0.25) is 0 Å². The van der Waals surface area contributed by atoms with E-state index in [0.29, 0.717) is 12.1 Å². The molecule has 0 atom stereocenters. The molecule has 0 saturated carbocycles. The van der Waals surface area contributed by atoms with Gasteiger partial charge in [-0.25, -0.2) is 4.98 Å². The van der Waals surface area contributed by atoms with Crippen molar-refractivity contribution in [2.24, 2.45) is 0 Å². The Morgan fingerprint density at radius 2 is 1.35 bits per heavy atom. The zero-order chi connectivity index (χ0) is 30.8. The lowest BCUT2D eigenvalue weighted by atomic mass is 10.0. The highest BCUT2D eigenvalue weighted by Crippen LogP contribution is 2.16. The van der Waals surface area contributed by atoms with E-state index >= 15 is 0 Å². The molecule has 9 heteroatoms. The topological polar surface area (TPSA) is 91.8 Å². The van der Waals surface area contributed by atoms with Crippen LogP contribution in [0.25, 0.3) is 0 Å². The van der Waals surface area contributed by atoms with Crippen LogP contribution in [0.1, 0.15) is 106 Å². The summed E-state index contributed by atoms with van der Waals surface area (Å²) in [5.74, 6) is 0.925. The molecule has 0 spiro atoms. The highest BCUT2D eigenvalue weighted by Gasteiger charge is 2.17. The van der Waals surface area contributed by atoms with E-state index in [1.165, 1.54) is 51.4 Å². The molecule has 1 N–H and O–H groups in total. The van der Waals surface area contributed by atoms with Crippen LogP contribution in [0.3, 0.4) is 0 Å². The Kier molecular flexibility index (Phi) is 16.0. The Morgan fingerprint density at radius 3 is 1.88 bits per heavy atom. The lowest BCUT2D eigenvalue weighted by Gasteiger charge is -2.34. The number of aromatic nitrogens is 1. The minimum absolute atomic E-state index is 0.0331. The molecular weight excluding hydrogens is 560 g/mol. The van der Waals surface area contributed by atoms with Gasteiger partial charge in [-0.1, -0.05) is 95.2 Å².